The number of hydrogen-bond acceptors (Lipinski definition) is 4. The van der Waals surface area contributed by atoms with E-state index in [0.717, 1.165) is 53.3 Å². The minimum Gasteiger partial charge on any atom is -0.493 e. The molecule has 0 spiro atoms. The average molecular weight is 401 g/mol. The van der Waals surface area contributed by atoms with Crippen LogP contribution in [0.1, 0.15) is 24.7 Å². The standard InChI is InChI=1S/C20H25ClN6O/c1-3-22-20(24-14-19-26-25-18-7-4-5-11-27(18)19)23-10-6-12-28-17-9-8-16(21)13-15(17)2/h4-5,7-9,11,13H,3,6,10,12,14H2,1-2H3,(H2,22,23,24). The molecule has 0 atom stereocenters. The van der Waals surface area contributed by atoms with Gasteiger partial charge in [0.25, 0.3) is 0 Å². The highest BCUT2D eigenvalue weighted by molar-refractivity contribution is 6.30. The average Bonchev–Trinajstić information content (AvgIpc) is 3.10. The van der Waals surface area contributed by atoms with Crippen LogP contribution in [0.5, 0.6) is 5.75 Å². The van der Waals surface area contributed by atoms with Crippen LogP contribution in [0.4, 0.5) is 0 Å². The lowest BCUT2D eigenvalue weighted by Gasteiger charge is -2.12. The Morgan fingerprint density at radius 1 is 1.21 bits per heavy atom. The zero-order valence-corrected chi connectivity index (χ0v) is 16.9. The Bertz CT molecular complexity index is 939. The number of benzene rings is 1. The highest BCUT2D eigenvalue weighted by Crippen LogP contribution is 2.21. The lowest BCUT2D eigenvalue weighted by Crippen LogP contribution is -2.38. The van der Waals surface area contributed by atoms with Crippen molar-refractivity contribution in [3.63, 3.8) is 0 Å². The van der Waals surface area contributed by atoms with Gasteiger partial charge in [-0.3, -0.25) is 4.40 Å². The van der Waals surface area contributed by atoms with E-state index in [0.29, 0.717) is 13.2 Å². The number of ether oxygens (including phenoxy) is 1. The Hall–Kier alpha value is -2.80. The maximum Gasteiger partial charge on any atom is 0.191 e. The largest absolute Gasteiger partial charge is 0.493 e. The predicted octanol–water partition coefficient (Wildman–Crippen LogP) is 3.22. The second kappa shape index (κ2) is 9.94. The van der Waals surface area contributed by atoms with Crippen LogP contribution in [-0.2, 0) is 6.54 Å². The summed E-state index contributed by atoms with van der Waals surface area (Å²) in [6.45, 7) is 6.62. The zero-order chi connectivity index (χ0) is 19.8. The van der Waals surface area contributed by atoms with Crippen molar-refractivity contribution < 1.29 is 4.74 Å². The molecule has 8 heteroatoms. The summed E-state index contributed by atoms with van der Waals surface area (Å²) < 4.78 is 7.76. The van der Waals surface area contributed by atoms with Gasteiger partial charge in [-0.1, -0.05) is 17.7 Å². The summed E-state index contributed by atoms with van der Waals surface area (Å²) in [6, 6.07) is 11.5. The van der Waals surface area contributed by atoms with E-state index in [1.807, 2.05) is 60.8 Å². The highest BCUT2D eigenvalue weighted by atomic mass is 35.5. The van der Waals surface area contributed by atoms with E-state index < -0.39 is 0 Å². The molecule has 148 valence electrons. The summed E-state index contributed by atoms with van der Waals surface area (Å²) in [6.07, 6.45) is 2.79. The molecule has 0 radical (unpaired) electrons. The van der Waals surface area contributed by atoms with Gasteiger partial charge in [-0.15, -0.1) is 10.2 Å². The van der Waals surface area contributed by atoms with E-state index in [2.05, 4.69) is 25.8 Å². The fraction of sp³-hybridized carbons (Fsp3) is 0.350. The molecule has 3 rings (SSSR count). The van der Waals surface area contributed by atoms with Crippen LogP contribution in [-0.4, -0.2) is 40.3 Å². The van der Waals surface area contributed by atoms with Crippen LogP contribution in [0.3, 0.4) is 0 Å². The molecule has 1 aromatic carbocycles. The van der Waals surface area contributed by atoms with Crippen molar-refractivity contribution in [1.29, 1.82) is 0 Å². The number of halogens is 1. The van der Waals surface area contributed by atoms with Gasteiger partial charge in [-0.2, -0.15) is 0 Å². The number of hydrogen-bond donors (Lipinski definition) is 2. The maximum atomic E-state index is 5.97. The van der Waals surface area contributed by atoms with Crippen molar-refractivity contribution >= 4 is 23.2 Å². The van der Waals surface area contributed by atoms with Gasteiger partial charge in [0.15, 0.2) is 17.4 Å². The summed E-state index contributed by atoms with van der Waals surface area (Å²) in [5, 5.41) is 15.6. The van der Waals surface area contributed by atoms with E-state index in [1.54, 1.807) is 0 Å². The predicted molar refractivity (Wildman–Crippen MR) is 112 cm³/mol. The van der Waals surface area contributed by atoms with Crippen LogP contribution >= 0.6 is 11.6 Å². The van der Waals surface area contributed by atoms with Gasteiger partial charge in [0.05, 0.1) is 6.61 Å². The zero-order valence-electron chi connectivity index (χ0n) is 16.2. The van der Waals surface area contributed by atoms with E-state index >= 15 is 0 Å². The number of aromatic nitrogens is 3. The first-order chi connectivity index (χ1) is 13.7. The third-order valence-electron chi connectivity index (χ3n) is 4.12. The van der Waals surface area contributed by atoms with Crippen LogP contribution in [0.25, 0.3) is 5.65 Å². The molecule has 0 saturated carbocycles. The van der Waals surface area contributed by atoms with E-state index in [-0.39, 0.29) is 0 Å². The van der Waals surface area contributed by atoms with Gasteiger partial charge < -0.3 is 15.4 Å². The molecule has 3 aromatic rings. The quantitative estimate of drug-likeness (QED) is 0.345. The van der Waals surface area contributed by atoms with Crippen molar-refractivity contribution in [2.24, 2.45) is 4.99 Å². The van der Waals surface area contributed by atoms with E-state index in [1.165, 1.54) is 0 Å². The minimum absolute atomic E-state index is 0.445. The smallest absolute Gasteiger partial charge is 0.191 e. The van der Waals surface area contributed by atoms with Gasteiger partial charge in [0.2, 0.25) is 0 Å². The Kier molecular flexibility index (Phi) is 7.08. The second-order valence-corrected chi connectivity index (χ2v) is 6.72. The van der Waals surface area contributed by atoms with Crippen LogP contribution in [0.2, 0.25) is 5.02 Å². The molecule has 2 heterocycles. The number of aryl methyl sites for hydroxylation is 1. The molecule has 0 bridgehead atoms. The number of guanidine groups is 1. The fourth-order valence-corrected chi connectivity index (χ4v) is 2.95. The lowest BCUT2D eigenvalue weighted by molar-refractivity contribution is 0.309. The first-order valence-corrected chi connectivity index (χ1v) is 9.75. The van der Waals surface area contributed by atoms with Gasteiger partial charge in [0, 0.05) is 24.3 Å². The number of rotatable bonds is 8. The summed E-state index contributed by atoms with van der Waals surface area (Å²) >= 11 is 5.97. The number of aliphatic imine (C=N–C) groups is 1. The molecular weight excluding hydrogens is 376 g/mol. The van der Waals surface area contributed by atoms with Crippen LogP contribution < -0.4 is 15.4 Å². The molecule has 28 heavy (non-hydrogen) atoms. The van der Waals surface area contributed by atoms with Crippen LogP contribution in [0, 0.1) is 6.92 Å². The molecule has 0 aliphatic carbocycles. The lowest BCUT2D eigenvalue weighted by atomic mass is 10.2. The molecule has 0 fully saturated rings. The monoisotopic (exact) mass is 400 g/mol. The molecular formula is C20H25ClN6O. The molecule has 0 unspecified atom stereocenters. The Labute approximate surface area is 169 Å². The molecule has 2 aromatic heterocycles. The van der Waals surface area contributed by atoms with Crippen molar-refractivity contribution in [2.45, 2.75) is 26.8 Å². The first kappa shape index (κ1) is 19.9. The molecule has 0 aliphatic rings. The second-order valence-electron chi connectivity index (χ2n) is 6.28. The summed E-state index contributed by atoms with van der Waals surface area (Å²) in [7, 11) is 0. The fourth-order valence-electron chi connectivity index (χ4n) is 2.73. The number of fused-ring (bicyclic) bond motifs is 1. The van der Waals surface area contributed by atoms with Crippen molar-refractivity contribution in [3.8, 4) is 5.75 Å². The minimum atomic E-state index is 0.445. The van der Waals surface area contributed by atoms with Gasteiger partial charge in [-0.05, 0) is 56.2 Å². The Morgan fingerprint density at radius 2 is 2.11 bits per heavy atom. The number of nitrogens with zero attached hydrogens (tertiary/aromatic N) is 4. The van der Waals surface area contributed by atoms with Gasteiger partial charge >= 0.3 is 0 Å². The van der Waals surface area contributed by atoms with Crippen molar-refractivity contribution in [2.75, 3.05) is 19.7 Å². The molecule has 2 N–H and O–H groups in total. The Morgan fingerprint density at radius 3 is 2.93 bits per heavy atom. The normalized spacial score (nSPS) is 11.6. The summed E-state index contributed by atoms with van der Waals surface area (Å²) in [4.78, 5) is 4.60. The number of nitrogens with one attached hydrogen (secondary N) is 2. The SMILES string of the molecule is CCNC(=NCc1nnc2ccccn12)NCCCOc1ccc(Cl)cc1C. The molecule has 7 nitrogen and oxygen atoms in total. The first-order valence-electron chi connectivity index (χ1n) is 9.37. The van der Waals surface area contributed by atoms with E-state index in [4.69, 9.17) is 16.3 Å². The highest BCUT2D eigenvalue weighted by Gasteiger charge is 2.05. The van der Waals surface area contributed by atoms with Gasteiger partial charge in [0.1, 0.15) is 12.3 Å². The van der Waals surface area contributed by atoms with Crippen molar-refractivity contribution in [1.82, 2.24) is 25.2 Å². The molecule has 0 aliphatic heterocycles. The third kappa shape index (κ3) is 5.36. The molecule has 0 amide bonds. The maximum absolute atomic E-state index is 5.97. The topological polar surface area (TPSA) is 75.8 Å². The molecule has 0 saturated heterocycles. The Balaban J connectivity index is 1.48. The van der Waals surface area contributed by atoms with E-state index in [9.17, 15) is 0 Å². The van der Waals surface area contributed by atoms with Crippen LogP contribution in [0.15, 0.2) is 47.6 Å². The third-order valence-corrected chi connectivity index (χ3v) is 4.35. The van der Waals surface area contributed by atoms with Gasteiger partial charge in [-0.25, -0.2) is 4.99 Å². The number of pyridine rings is 1. The summed E-state index contributed by atoms with van der Waals surface area (Å²) in [5.41, 5.74) is 1.86. The van der Waals surface area contributed by atoms with Crippen molar-refractivity contribution in [3.05, 3.63) is 59.0 Å². The summed E-state index contributed by atoms with van der Waals surface area (Å²) in [5.74, 6) is 2.41.